The van der Waals surface area contributed by atoms with Gasteiger partial charge in [0.2, 0.25) is 16.0 Å². The number of methoxy groups -OCH3 is 1. The third-order valence-electron chi connectivity index (χ3n) is 6.36. The van der Waals surface area contributed by atoms with Crippen LogP contribution in [0.1, 0.15) is 42.5 Å². The first-order valence-electron chi connectivity index (χ1n) is 11.2. The van der Waals surface area contributed by atoms with Crippen LogP contribution in [0.3, 0.4) is 0 Å². The van der Waals surface area contributed by atoms with Gasteiger partial charge >= 0.3 is 0 Å². The van der Waals surface area contributed by atoms with E-state index in [9.17, 15) is 9.59 Å². The molecule has 0 spiro atoms. The highest BCUT2D eigenvalue weighted by Gasteiger charge is 2.28. The maximum Gasteiger partial charge on any atom is 0.278 e. The number of hydrogen-bond acceptors (Lipinski definition) is 7. The van der Waals surface area contributed by atoms with E-state index in [2.05, 4.69) is 15.3 Å². The Morgan fingerprint density at radius 3 is 2.84 bits per heavy atom. The van der Waals surface area contributed by atoms with Crippen LogP contribution < -0.4 is 20.5 Å². The highest BCUT2D eigenvalue weighted by atomic mass is 32.1. The van der Waals surface area contributed by atoms with E-state index >= 15 is 0 Å². The van der Waals surface area contributed by atoms with E-state index in [1.54, 1.807) is 7.11 Å². The van der Waals surface area contributed by atoms with Crippen molar-refractivity contribution in [3.05, 3.63) is 51.4 Å². The zero-order valence-electron chi connectivity index (χ0n) is 18.2. The number of piperidine rings is 1. The van der Waals surface area contributed by atoms with Crippen molar-refractivity contribution in [2.24, 2.45) is 5.92 Å². The average molecular weight is 454 g/mol. The lowest BCUT2D eigenvalue weighted by Gasteiger charge is -2.31. The van der Waals surface area contributed by atoms with Crippen molar-refractivity contribution in [3.63, 3.8) is 0 Å². The molecule has 1 saturated heterocycles. The molecule has 1 atom stereocenters. The van der Waals surface area contributed by atoms with Gasteiger partial charge in [-0.05, 0) is 56.2 Å². The molecule has 5 rings (SSSR count). The summed E-state index contributed by atoms with van der Waals surface area (Å²) in [5.41, 5.74) is 2.76. The van der Waals surface area contributed by atoms with Gasteiger partial charge in [-0.1, -0.05) is 23.5 Å². The number of amides is 1. The second-order valence-electron chi connectivity index (χ2n) is 8.48. The number of anilines is 1. The molecule has 8 nitrogen and oxygen atoms in total. The largest absolute Gasteiger partial charge is 0.497 e. The highest BCUT2D eigenvalue weighted by molar-refractivity contribution is 7.20. The minimum Gasteiger partial charge on any atom is -0.497 e. The lowest BCUT2D eigenvalue weighted by atomic mass is 9.97. The first kappa shape index (κ1) is 20.9. The first-order chi connectivity index (χ1) is 15.6. The highest BCUT2D eigenvalue weighted by Crippen LogP contribution is 2.28. The molecule has 1 aliphatic carbocycles. The number of ether oxygens (including phenoxy) is 1. The van der Waals surface area contributed by atoms with Crippen molar-refractivity contribution >= 4 is 27.3 Å². The van der Waals surface area contributed by atoms with Gasteiger partial charge < -0.3 is 15.0 Å². The van der Waals surface area contributed by atoms with Crippen molar-refractivity contribution in [2.75, 3.05) is 25.1 Å². The minimum atomic E-state index is -0.105. The van der Waals surface area contributed by atoms with Gasteiger partial charge in [-0.15, -0.1) is 5.10 Å². The molecule has 9 heteroatoms. The summed E-state index contributed by atoms with van der Waals surface area (Å²) in [6.07, 6.45) is 5.54. The Labute approximate surface area is 190 Å². The van der Waals surface area contributed by atoms with Crippen molar-refractivity contribution in [1.29, 1.82) is 0 Å². The second-order valence-corrected chi connectivity index (χ2v) is 9.41. The number of hydrogen-bond donors (Lipinski definition) is 1. The van der Waals surface area contributed by atoms with Crippen molar-refractivity contribution in [2.45, 2.75) is 45.1 Å². The predicted molar refractivity (Wildman–Crippen MR) is 124 cm³/mol. The lowest BCUT2D eigenvalue weighted by molar-refractivity contribution is -0.125. The standard InChI is InChI=1S/C23H27N5O3S/c1-31-17-10-8-15(9-11-17)13-24-20(29)16-5-4-12-27(14-16)23-26-28-21(30)18-6-2-3-7-19(18)25-22(28)32-23/h8-11,16H,2-7,12-14H2,1H3,(H,24,29). The first-order valence-corrected chi connectivity index (χ1v) is 12.0. The van der Waals surface area contributed by atoms with Crippen LogP contribution in [-0.2, 0) is 24.2 Å². The van der Waals surface area contributed by atoms with Gasteiger partial charge in [-0.25, -0.2) is 4.98 Å². The number of fused-ring (bicyclic) bond motifs is 2. The topological polar surface area (TPSA) is 88.8 Å². The van der Waals surface area contributed by atoms with Crippen molar-refractivity contribution < 1.29 is 9.53 Å². The molecule has 2 aliphatic rings. The molecule has 1 N–H and O–H groups in total. The summed E-state index contributed by atoms with van der Waals surface area (Å²) in [5.74, 6) is 0.748. The smallest absolute Gasteiger partial charge is 0.278 e. The molecule has 2 aromatic heterocycles. The molecule has 1 unspecified atom stereocenters. The Kier molecular flexibility index (Phi) is 5.82. The summed E-state index contributed by atoms with van der Waals surface area (Å²) in [7, 11) is 1.64. The van der Waals surface area contributed by atoms with E-state index < -0.39 is 0 Å². The molecule has 1 amide bonds. The van der Waals surface area contributed by atoms with E-state index in [4.69, 9.17) is 9.72 Å². The molecule has 32 heavy (non-hydrogen) atoms. The SMILES string of the molecule is COc1ccc(CNC(=O)C2CCCN(c3nn4c(=O)c5c(nc4s3)CCCC5)C2)cc1. The van der Waals surface area contributed by atoms with E-state index in [0.29, 0.717) is 18.1 Å². The lowest BCUT2D eigenvalue weighted by Crippen LogP contribution is -2.43. The number of carbonyl (C=O) groups is 1. The Bertz CT molecular complexity index is 1190. The zero-order chi connectivity index (χ0) is 22.1. The molecule has 3 heterocycles. The molecule has 3 aromatic rings. The molecule has 0 radical (unpaired) electrons. The Morgan fingerprint density at radius 1 is 1.22 bits per heavy atom. The summed E-state index contributed by atoms with van der Waals surface area (Å²) >= 11 is 1.44. The van der Waals surface area contributed by atoms with Crippen LogP contribution in [0.15, 0.2) is 29.1 Å². The van der Waals surface area contributed by atoms with E-state index in [0.717, 1.165) is 72.8 Å². The maximum absolute atomic E-state index is 12.9. The summed E-state index contributed by atoms with van der Waals surface area (Å²) in [5, 5.41) is 8.42. The predicted octanol–water partition coefficient (Wildman–Crippen LogP) is 2.57. The van der Waals surface area contributed by atoms with Gasteiger partial charge in [0.25, 0.3) is 5.56 Å². The average Bonchev–Trinajstić information content (AvgIpc) is 3.27. The van der Waals surface area contributed by atoms with Crippen LogP contribution in [-0.4, -0.2) is 40.7 Å². The minimum absolute atomic E-state index is 0.0296. The van der Waals surface area contributed by atoms with Gasteiger partial charge in [-0.3, -0.25) is 9.59 Å². The molecule has 1 fully saturated rings. The van der Waals surface area contributed by atoms with E-state index in [1.165, 1.54) is 15.9 Å². The molecule has 168 valence electrons. The molecular weight excluding hydrogens is 426 g/mol. The molecule has 0 bridgehead atoms. The number of carbonyl (C=O) groups excluding carboxylic acids is 1. The summed E-state index contributed by atoms with van der Waals surface area (Å²) < 4.78 is 6.63. The Hall–Kier alpha value is -2.94. The third kappa shape index (κ3) is 4.09. The van der Waals surface area contributed by atoms with E-state index in [1.807, 2.05) is 24.3 Å². The monoisotopic (exact) mass is 453 g/mol. The van der Waals surface area contributed by atoms with E-state index in [-0.39, 0.29) is 17.4 Å². The quantitative estimate of drug-likeness (QED) is 0.639. The van der Waals surface area contributed by atoms with Gasteiger partial charge in [-0.2, -0.15) is 4.52 Å². The number of nitrogens with one attached hydrogen (secondary N) is 1. The maximum atomic E-state index is 12.9. The number of nitrogens with zero attached hydrogens (tertiary/aromatic N) is 4. The van der Waals surface area contributed by atoms with Crippen LogP contribution in [0.5, 0.6) is 5.75 Å². The van der Waals surface area contributed by atoms with Gasteiger partial charge in [0.05, 0.1) is 18.7 Å². The normalized spacial score (nSPS) is 18.4. The zero-order valence-corrected chi connectivity index (χ0v) is 19.0. The van der Waals surface area contributed by atoms with Crippen LogP contribution >= 0.6 is 11.3 Å². The summed E-state index contributed by atoms with van der Waals surface area (Å²) in [6.45, 7) is 1.92. The van der Waals surface area contributed by atoms with Gasteiger partial charge in [0, 0.05) is 25.2 Å². The van der Waals surface area contributed by atoms with Gasteiger partial charge in [0.15, 0.2) is 0 Å². The van der Waals surface area contributed by atoms with Crippen LogP contribution in [0.4, 0.5) is 5.13 Å². The van der Waals surface area contributed by atoms with Crippen LogP contribution in [0.25, 0.3) is 4.96 Å². The number of aromatic nitrogens is 3. The third-order valence-corrected chi connectivity index (χ3v) is 7.33. The summed E-state index contributed by atoms with van der Waals surface area (Å²) in [4.78, 5) is 33.2. The molecule has 0 saturated carbocycles. The summed E-state index contributed by atoms with van der Waals surface area (Å²) in [6, 6.07) is 7.70. The molecule has 1 aromatic carbocycles. The van der Waals surface area contributed by atoms with Crippen molar-refractivity contribution in [1.82, 2.24) is 19.9 Å². The van der Waals surface area contributed by atoms with Crippen LogP contribution in [0.2, 0.25) is 0 Å². The number of rotatable bonds is 5. The van der Waals surface area contributed by atoms with Gasteiger partial charge in [0.1, 0.15) is 5.75 Å². The number of benzene rings is 1. The van der Waals surface area contributed by atoms with Crippen molar-refractivity contribution in [3.8, 4) is 5.75 Å². The van der Waals surface area contributed by atoms with Crippen LogP contribution in [0, 0.1) is 5.92 Å². The Morgan fingerprint density at radius 2 is 2.03 bits per heavy atom. The molecule has 1 aliphatic heterocycles. The second kappa shape index (κ2) is 8.90. The Balaban J connectivity index is 1.28. The number of aryl methyl sites for hydroxylation is 1. The molecular formula is C23H27N5O3S. The fourth-order valence-electron chi connectivity index (χ4n) is 4.53. The fourth-order valence-corrected chi connectivity index (χ4v) is 5.48. The fraction of sp³-hybridized carbons (Fsp3) is 0.478.